The van der Waals surface area contributed by atoms with Gasteiger partial charge in [-0.05, 0) is 44.2 Å². The Morgan fingerprint density at radius 3 is 2.78 bits per heavy atom. The van der Waals surface area contributed by atoms with E-state index in [0.29, 0.717) is 18.4 Å². The molecule has 23 heavy (non-hydrogen) atoms. The maximum atomic E-state index is 12.3. The fraction of sp³-hybridized carbons (Fsp3) is 0.526. The first-order valence-electron chi connectivity index (χ1n) is 8.58. The number of rotatable bonds is 5. The van der Waals surface area contributed by atoms with Gasteiger partial charge < -0.3 is 14.6 Å². The summed E-state index contributed by atoms with van der Waals surface area (Å²) >= 11 is 0. The standard InChI is InChI=1S/C19H26N2O2/c1-14(2)21-13-16(17-5-3-4-6-18(17)21)11-19(22)20-12-15-7-9-23-10-8-15/h3-6,13-15H,7-12H2,1-2H3,(H,20,22). The second-order valence-electron chi connectivity index (χ2n) is 6.71. The topological polar surface area (TPSA) is 43.3 Å². The molecule has 4 nitrogen and oxygen atoms in total. The van der Waals surface area contributed by atoms with Gasteiger partial charge in [0.15, 0.2) is 0 Å². The van der Waals surface area contributed by atoms with Crippen LogP contribution in [0.2, 0.25) is 0 Å². The van der Waals surface area contributed by atoms with Gasteiger partial charge in [-0.15, -0.1) is 0 Å². The molecule has 0 aliphatic carbocycles. The van der Waals surface area contributed by atoms with E-state index < -0.39 is 0 Å². The molecule has 0 saturated carbocycles. The molecule has 0 atom stereocenters. The second kappa shape index (κ2) is 7.18. The van der Waals surface area contributed by atoms with Crippen LogP contribution < -0.4 is 5.32 Å². The number of aromatic nitrogens is 1. The predicted molar refractivity (Wildman–Crippen MR) is 92.6 cm³/mol. The lowest BCUT2D eigenvalue weighted by Gasteiger charge is -2.22. The third-order valence-corrected chi connectivity index (χ3v) is 4.66. The van der Waals surface area contributed by atoms with Crippen LogP contribution in [0.5, 0.6) is 0 Å². The fourth-order valence-electron chi connectivity index (χ4n) is 3.29. The normalized spacial score (nSPS) is 16.1. The molecule has 2 heterocycles. The van der Waals surface area contributed by atoms with Crippen molar-refractivity contribution >= 4 is 16.8 Å². The highest BCUT2D eigenvalue weighted by molar-refractivity contribution is 5.89. The zero-order valence-corrected chi connectivity index (χ0v) is 14.0. The van der Waals surface area contributed by atoms with Crippen LogP contribution in [0.25, 0.3) is 10.9 Å². The molecule has 124 valence electrons. The van der Waals surface area contributed by atoms with Crippen LogP contribution in [0, 0.1) is 5.92 Å². The third-order valence-electron chi connectivity index (χ3n) is 4.66. The summed E-state index contributed by atoms with van der Waals surface area (Å²) in [4.78, 5) is 12.3. The number of benzene rings is 1. The second-order valence-corrected chi connectivity index (χ2v) is 6.71. The van der Waals surface area contributed by atoms with Crippen molar-refractivity contribution in [3.8, 4) is 0 Å². The van der Waals surface area contributed by atoms with Crippen LogP contribution in [-0.4, -0.2) is 30.2 Å². The van der Waals surface area contributed by atoms with E-state index in [2.05, 4.69) is 48.1 Å². The first kappa shape index (κ1) is 16.1. The average molecular weight is 314 g/mol. The summed E-state index contributed by atoms with van der Waals surface area (Å²) in [6.45, 7) is 6.75. The quantitative estimate of drug-likeness (QED) is 0.920. The van der Waals surface area contributed by atoms with Gasteiger partial charge >= 0.3 is 0 Å². The van der Waals surface area contributed by atoms with Crippen molar-refractivity contribution in [2.45, 2.75) is 39.2 Å². The molecule has 1 saturated heterocycles. The van der Waals surface area contributed by atoms with E-state index in [-0.39, 0.29) is 5.91 Å². The molecular formula is C19H26N2O2. The van der Waals surface area contributed by atoms with Crippen molar-refractivity contribution in [3.63, 3.8) is 0 Å². The highest BCUT2D eigenvalue weighted by atomic mass is 16.5. The molecule has 1 amide bonds. The third kappa shape index (κ3) is 3.75. The van der Waals surface area contributed by atoms with Crippen molar-refractivity contribution < 1.29 is 9.53 Å². The summed E-state index contributed by atoms with van der Waals surface area (Å²) in [6, 6.07) is 8.71. The van der Waals surface area contributed by atoms with Gasteiger partial charge in [0.05, 0.1) is 6.42 Å². The Hall–Kier alpha value is -1.81. The van der Waals surface area contributed by atoms with Gasteiger partial charge in [-0.2, -0.15) is 0 Å². The minimum atomic E-state index is 0.114. The SMILES string of the molecule is CC(C)n1cc(CC(=O)NCC2CCOCC2)c2ccccc21. The fourth-order valence-corrected chi connectivity index (χ4v) is 3.29. The van der Waals surface area contributed by atoms with Gasteiger partial charge in [-0.1, -0.05) is 18.2 Å². The molecule has 2 aromatic rings. The number of hydrogen-bond donors (Lipinski definition) is 1. The van der Waals surface area contributed by atoms with Crippen molar-refractivity contribution in [3.05, 3.63) is 36.0 Å². The Labute approximate surface area is 137 Å². The summed E-state index contributed by atoms with van der Waals surface area (Å²) < 4.78 is 7.61. The first-order valence-corrected chi connectivity index (χ1v) is 8.58. The Morgan fingerprint density at radius 2 is 2.04 bits per heavy atom. The van der Waals surface area contributed by atoms with Crippen LogP contribution in [0.15, 0.2) is 30.5 Å². The van der Waals surface area contributed by atoms with Gasteiger partial charge in [0, 0.05) is 42.9 Å². The van der Waals surface area contributed by atoms with Gasteiger partial charge in [-0.3, -0.25) is 4.79 Å². The van der Waals surface area contributed by atoms with Crippen molar-refractivity contribution in [2.24, 2.45) is 5.92 Å². The molecule has 1 fully saturated rings. The maximum Gasteiger partial charge on any atom is 0.224 e. The van der Waals surface area contributed by atoms with E-state index in [0.717, 1.165) is 38.2 Å². The smallest absolute Gasteiger partial charge is 0.224 e. The van der Waals surface area contributed by atoms with Crippen LogP contribution in [0.1, 0.15) is 38.3 Å². The van der Waals surface area contributed by atoms with Crippen LogP contribution >= 0.6 is 0 Å². The van der Waals surface area contributed by atoms with Crippen LogP contribution in [0.4, 0.5) is 0 Å². The minimum Gasteiger partial charge on any atom is -0.381 e. The van der Waals surface area contributed by atoms with Gasteiger partial charge in [0.1, 0.15) is 0 Å². The van der Waals surface area contributed by atoms with E-state index in [9.17, 15) is 4.79 Å². The zero-order chi connectivity index (χ0) is 16.2. The summed E-state index contributed by atoms with van der Waals surface area (Å²) in [5, 5.41) is 4.28. The number of fused-ring (bicyclic) bond motifs is 1. The summed E-state index contributed by atoms with van der Waals surface area (Å²) in [6.07, 6.45) is 4.67. The largest absolute Gasteiger partial charge is 0.381 e. The summed E-state index contributed by atoms with van der Waals surface area (Å²) in [5.41, 5.74) is 2.31. The van der Waals surface area contributed by atoms with Crippen molar-refractivity contribution in [2.75, 3.05) is 19.8 Å². The van der Waals surface area contributed by atoms with Gasteiger partial charge in [0.25, 0.3) is 0 Å². The molecule has 0 unspecified atom stereocenters. The molecule has 1 aliphatic rings. The van der Waals surface area contributed by atoms with E-state index in [4.69, 9.17) is 4.74 Å². The Balaban J connectivity index is 1.67. The number of nitrogens with zero attached hydrogens (tertiary/aromatic N) is 1. The van der Waals surface area contributed by atoms with Crippen LogP contribution in [0.3, 0.4) is 0 Å². The Kier molecular flexibility index (Phi) is 5.01. The molecule has 0 radical (unpaired) electrons. The highest BCUT2D eigenvalue weighted by Crippen LogP contribution is 2.25. The maximum absolute atomic E-state index is 12.3. The molecular weight excluding hydrogens is 288 g/mol. The average Bonchev–Trinajstić information content (AvgIpc) is 2.93. The molecule has 1 N–H and O–H groups in total. The lowest BCUT2D eigenvalue weighted by atomic mass is 10.0. The predicted octanol–water partition coefficient (Wildman–Crippen LogP) is 3.31. The van der Waals surface area contributed by atoms with E-state index in [1.165, 1.54) is 10.9 Å². The Morgan fingerprint density at radius 1 is 1.30 bits per heavy atom. The molecule has 1 aromatic heterocycles. The Bertz CT molecular complexity index is 669. The van der Waals surface area contributed by atoms with Crippen molar-refractivity contribution in [1.29, 1.82) is 0 Å². The lowest BCUT2D eigenvalue weighted by molar-refractivity contribution is -0.120. The zero-order valence-electron chi connectivity index (χ0n) is 14.0. The number of ether oxygens (including phenoxy) is 1. The van der Waals surface area contributed by atoms with Gasteiger partial charge in [-0.25, -0.2) is 0 Å². The summed E-state index contributed by atoms with van der Waals surface area (Å²) in [5.74, 6) is 0.674. The van der Waals surface area contributed by atoms with E-state index >= 15 is 0 Å². The molecule has 0 bridgehead atoms. The highest BCUT2D eigenvalue weighted by Gasteiger charge is 2.16. The number of para-hydroxylation sites is 1. The monoisotopic (exact) mass is 314 g/mol. The molecule has 1 aromatic carbocycles. The number of amides is 1. The van der Waals surface area contributed by atoms with E-state index in [1.807, 2.05) is 6.07 Å². The molecule has 1 aliphatic heterocycles. The molecule has 0 spiro atoms. The lowest BCUT2D eigenvalue weighted by Crippen LogP contribution is -2.33. The minimum absolute atomic E-state index is 0.114. The summed E-state index contributed by atoms with van der Waals surface area (Å²) in [7, 11) is 0. The molecule has 4 heteroatoms. The number of carbonyl (C=O) groups is 1. The van der Waals surface area contributed by atoms with Crippen LogP contribution in [-0.2, 0) is 16.0 Å². The van der Waals surface area contributed by atoms with E-state index in [1.54, 1.807) is 0 Å². The van der Waals surface area contributed by atoms with Gasteiger partial charge in [0.2, 0.25) is 5.91 Å². The molecule has 3 rings (SSSR count). The van der Waals surface area contributed by atoms with Crippen molar-refractivity contribution in [1.82, 2.24) is 9.88 Å². The number of hydrogen-bond acceptors (Lipinski definition) is 2. The number of nitrogens with one attached hydrogen (secondary N) is 1. The first-order chi connectivity index (χ1) is 11.1. The number of carbonyl (C=O) groups excluding carboxylic acids is 1.